The number of aromatic nitrogens is 1. The Kier molecular flexibility index (Phi) is 4.48. The maximum atomic E-state index is 12.6. The largest absolute Gasteiger partial charge is 0.390 e. The van der Waals surface area contributed by atoms with Gasteiger partial charge in [-0.15, -0.1) is 11.3 Å². The van der Waals surface area contributed by atoms with E-state index in [1.54, 1.807) is 7.11 Å². The molecule has 23 heavy (non-hydrogen) atoms. The number of nitrogens with one attached hydrogen (secondary N) is 1. The number of nitrogens with zero attached hydrogens (tertiary/aromatic N) is 1. The van der Waals surface area contributed by atoms with Gasteiger partial charge in [-0.25, -0.2) is 4.98 Å². The second-order valence-corrected chi connectivity index (χ2v) is 6.80. The number of hydrogen-bond donors (Lipinski definition) is 2. The number of carbonyl (C=O) groups is 1. The fraction of sp³-hybridized carbons (Fsp3) is 0.412. The van der Waals surface area contributed by atoms with Crippen molar-refractivity contribution in [3.05, 3.63) is 51.0 Å². The molecular formula is C17H20N2O3S. The third kappa shape index (κ3) is 3.02. The van der Waals surface area contributed by atoms with Crippen molar-refractivity contribution in [3.8, 4) is 0 Å². The standard InChI is InChI=1S/C17H20N2O3S/c1-9-15(23-17(18-9)10(2)22-3)16(21)19-14-12-7-5-4-6-11(12)8-13(14)20/h4-7,10,13-14,20H,8H2,1-3H3,(H,19,21)/t10?,13-,14+/m1/s1. The number of aliphatic hydroxyl groups excluding tert-OH is 1. The minimum atomic E-state index is -0.595. The SMILES string of the molecule is COC(C)c1nc(C)c(C(=O)N[C@H]2c3ccccc3C[C@H]2O)s1. The van der Waals surface area contributed by atoms with Crippen LogP contribution in [0.25, 0.3) is 0 Å². The summed E-state index contributed by atoms with van der Waals surface area (Å²) in [6.45, 7) is 3.72. The van der Waals surface area contributed by atoms with Crippen molar-refractivity contribution in [2.24, 2.45) is 0 Å². The minimum absolute atomic E-state index is 0.141. The Balaban J connectivity index is 1.81. The van der Waals surface area contributed by atoms with E-state index in [1.807, 2.05) is 38.1 Å². The van der Waals surface area contributed by atoms with Gasteiger partial charge in [-0.3, -0.25) is 4.79 Å². The van der Waals surface area contributed by atoms with Gasteiger partial charge in [0.1, 0.15) is 16.0 Å². The molecule has 6 heteroatoms. The molecule has 0 saturated heterocycles. The van der Waals surface area contributed by atoms with Crippen LogP contribution in [0.2, 0.25) is 0 Å². The zero-order valence-electron chi connectivity index (χ0n) is 13.4. The Morgan fingerprint density at radius 2 is 2.22 bits per heavy atom. The predicted molar refractivity (Wildman–Crippen MR) is 88.6 cm³/mol. The molecule has 1 unspecified atom stereocenters. The molecule has 0 spiro atoms. The van der Waals surface area contributed by atoms with Crippen LogP contribution in [0.15, 0.2) is 24.3 Å². The van der Waals surface area contributed by atoms with E-state index in [0.717, 1.165) is 16.1 Å². The normalized spacial score (nSPS) is 21.0. The van der Waals surface area contributed by atoms with Gasteiger partial charge in [0.15, 0.2) is 0 Å². The summed E-state index contributed by atoms with van der Waals surface area (Å²) in [4.78, 5) is 17.6. The number of amides is 1. The van der Waals surface area contributed by atoms with Gasteiger partial charge in [-0.1, -0.05) is 24.3 Å². The lowest BCUT2D eigenvalue weighted by molar-refractivity contribution is 0.0861. The number of aliphatic hydroxyl groups is 1. The monoisotopic (exact) mass is 332 g/mol. The molecule has 1 amide bonds. The number of hydrogen-bond acceptors (Lipinski definition) is 5. The van der Waals surface area contributed by atoms with E-state index < -0.39 is 6.10 Å². The fourth-order valence-electron chi connectivity index (χ4n) is 2.86. The summed E-state index contributed by atoms with van der Waals surface area (Å²) >= 11 is 1.34. The van der Waals surface area contributed by atoms with Gasteiger partial charge in [0, 0.05) is 13.5 Å². The van der Waals surface area contributed by atoms with E-state index in [2.05, 4.69) is 10.3 Å². The number of rotatable bonds is 4. The second kappa shape index (κ2) is 6.39. The number of methoxy groups -OCH3 is 1. The number of aryl methyl sites for hydroxylation is 1. The summed E-state index contributed by atoms with van der Waals surface area (Å²) < 4.78 is 5.26. The quantitative estimate of drug-likeness (QED) is 0.902. The lowest BCUT2D eigenvalue weighted by atomic mass is 10.1. The number of ether oxygens (including phenoxy) is 1. The van der Waals surface area contributed by atoms with E-state index in [0.29, 0.717) is 17.0 Å². The average Bonchev–Trinajstić information content (AvgIpc) is 3.07. The van der Waals surface area contributed by atoms with Gasteiger partial charge in [0.05, 0.1) is 17.8 Å². The van der Waals surface area contributed by atoms with Gasteiger partial charge in [-0.05, 0) is 25.0 Å². The van der Waals surface area contributed by atoms with Crippen LogP contribution in [-0.4, -0.2) is 29.2 Å². The molecular weight excluding hydrogens is 312 g/mol. The Bertz CT molecular complexity index is 728. The molecule has 1 heterocycles. The summed E-state index contributed by atoms with van der Waals surface area (Å²) in [5.41, 5.74) is 2.76. The Labute approximate surface area is 139 Å². The highest BCUT2D eigenvalue weighted by Crippen LogP contribution is 2.32. The summed E-state index contributed by atoms with van der Waals surface area (Å²) in [6, 6.07) is 7.44. The fourth-order valence-corrected chi connectivity index (χ4v) is 3.86. The van der Waals surface area contributed by atoms with Crippen LogP contribution in [0.5, 0.6) is 0 Å². The molecule has 0 fully saturated rings. The summed E-state index contributed by atoms with van der Waals surface area (Å²) in [5.74, 6) is -0.199. The zero-order valence-corrected chi connectivity index (χ0v) is 14.2. The maximum absolute atomic E-state index is 12.6. The molecule has 1 aromatic heterocycles. The van der Waals surface area contributed by atoms with Crippen LogP contribution >= 0.6 is 11.3 Å². The summed E-state index contributed by atoms with van der Waals surface area (Å²) in [5, 5.41) is 14.0. The summed E-state index contributed by atoms with van der Waals surface area (Å²) in [7, 11) is 1.62. The van der Waals surface area contributed by atoms with Crippen LogP contribution < -0.4 is 5.32 Å². The zero-order chi connectivity index (χ0) is 16.6. The molecule has 5 nitrogen and oxygen atoms in total. The third-order valence-electron chi connectivity index (χ3n) is 4.21. The first-order valence-corrected chi connectivity index (χ1v) is 8.39. The Morgan fingerprint density at radius 1 is 1.48 bits per heavy atom. The second-order valence-electron chi connectivity index (χ2n) is 5.77. The molecule has 0 radical (unpaired) electrons. The molecule has 0 aliphatic heterocycles. The first-order chi connectivity index (χ1) is 11.0. The maximum Gasteiger partial charge on any atom is 0.263 e. The first-order valence-electron chi connectivity index (χ1n) is 7.58. The van der Waals surface area contributed by atoms with Gasteiger partial charge in [0.2, 0.25) is 0 Å². The number of benzene rings is 1. The highest BCUT2D eigenvalue weighted by molar-refractivity contribution is 7.13. The van der Waals surface area contributed by atoms with Crippen molar-refractivity contribution >= 4 is 17.2 Å². The molecule has 122 valence electrons. The van der Waals surface area contributed by atoms with Crippen LogP contribution in [0, 0.1) is 6.92 Å². The van der Waals surface area contributed by atoms with Crippen LogP contribution in [-0.2, 0) is 11.2 Å². The molecule has 1 aliphatic rings. The van der Waals surface area contributed by atoms with Crippen molar-refractivity contribution in [2.45, 2.75) is 38.5 Å². The van der Waals surface area contributed by atoms with Gasteiger partial charge < -0.3 is 15.2 Å². The number of fused-ring (bicyclic) bond motifs is 1. The van der Waals surface area contributed by atoms with Crippen LogP contribution in [0.3, 0.4) is 0 Å². The van der Waals surface area contributed by atoms with Crippen LogP contribution in [0.1, 0.15) is 50.6 Å². The Morgan fingerprint density at radius 3 is 2.96 bits per heavy atom. The van der Waals surface area contributed by atoms with Gasteiger partial charge in [0.25, 0.3) is 5.91 Å². The molecule has 1 aromatic carbocycles. The van der Waals surface area contributed by atoms with Crippen LogP contribution in [0.4, 0.5) is 0 Å². The van der Waals surface area contributed by atoms with Crippen molar-refractivity contribution < 1.29 is 14.6 Å². The molecule has 2 aromatic rings. The third-order valence-corrected chi connectivity index (χ3v) is 5.53. The first kappa shape index (κ1) is 16.1. The molecule has 0 saturated carbocycles. The minimum Gasteiger partial charge on any atom is -0.390 e. The average molecular weight is 332 g/mol. The van der Waals surface area contributed by atoms with E-state index in [4.69, 9.17) is 4.74 Å². The highest BCUT2D eigenvalue weighted by Gasteiger charge is 2.33. The molecule has 0 bridgehead atoms. The highest BCUT2D eigenvalue weighted by atomic mass is 32.1. The van der Waals surface area contributed by atoms with E-state index in [9.17, 15) is 9.90 Å². The van der Waals surface area contributed by atoms with Gasteiger partial charge >= 0.3 is 0 Å². The Hall–Kier alpha value is -1.76. The topological polar surface area (TPSA) is 71.5 Å². The van der Waals surface area contributed by atoms with E-state index in [-0.39, 0.29) is 18.1 Å². The molecule has 1 aliphatic carbocycles. The van der Waals surface area contributed by atoms with E-state index in [1.165, 1.54) is 11.3 Å². The molecule has 2 N–H and O–H groups in total. The van der Waals surface area contributed by atoms with Crippen molar-refractivity contribution in [1.29, 1.82) is 0 Å². The lowest BCUT2D eigenvalue weighted by Crippen LogP contribution is -2.33. The number of carbonyl (C=O) groups excluding carboxylic acids is 1. The molecule has 3 rings (SSSR count). The van der Waals surface area contributed by atoms with Crippen molar-refractivity contribution in [2.75, 3.05) is 7.11 Å². The van der Waals surface area contributed by atoms with Gasteiger partial charge in [-0.2, -0.15) is 0 Å². The van der Waals surface area contributed by atoms with Crippen molar-refractivity contribution in [1.82, 2.24) is 10.3 Å². The number of thiazole rings is 1. The lowest BCUT2D eigenvalue weighted by Gasteiger charge is -2.17. The van der Waals surface area contributed by atoms with E-state index >= 15 is 0 Å². The van der Waals surface area contributed by atoms with Crippen molar-refractivity contribution in [3.63, 3.8) is 0 Å². The summed E-state index contributed by atoms with van der Waals surface area (Å²) in [6.07, 6.45) is -0.172. The smallest absolute Gasteiger partial charge is 0.263 e. The predicted octanol–water partition coefficient (Wildman–Crippen LogP) is 2.55. The molecule has 3 atom stereocenters.